The first-order chi connectivity index (χ1) is 44.7. The van der Waals surface area contributed by atoms with Crippen LogP contribution in [-0.4, -0.2) is 227 Å². The number of Topliss-reactive ketones (excluding diaryl/α,β-unsaturated/α-hetero) is 1. The number of hydrogen-bond acceptors (Lipinski definition) is 18. The number of ketones is 1. The summed E-state index contributed by atoms with van der Waals surface area (Å²) in [4.78, 5) is 48.4. The second kappa shape index (κ2) is 98.2. The van der Waals surface area contributed by atoms with Gasteiger partial charge in [0, 0.05) is 51.7 Å². The first kappa shape index (κ1) is 109. The molecule has 0 aliphatic carbocycles. The van der Waals surface area contributed by atoms with Gasteiger partial charge in [0.15, 0.2) is 0 Å². The number of nitrogens with one attached hydrogen (secondary N) is 4. The smallest absolute Gasteiger partial charge is 0.337 e. The summed E-state index contributed by atoms with van der Waals surface area (Å²) in [7, 11) is 12.0. The Balaban J connectivity index is -0.000000121. The van der Waals surface area contributed by atoms with Crippen LogP contribution in [0.1, 0.15) is 146 Å². The van der Waals surface area contributed by atoms with Crippen LogP contribution in [0.5, 0.6) is 0 Å². The van der Waals surface area contributed by atoms with Crippen molar-refractivity contribution in [1.82, 2.24) is 31.1 Å². The number of hydrogen-bond donors (Lipinski definition) is 6. The molecule has 0 spiro atoms. The predicted octanol–water partition coefficient (Wildman–Crippen LogP) is 15.2. The lowest BCUT2D eigenvalue weighted by Crippen LogP contribution is -2.31. The Labute approximate surface area is 599 Å². The van der Waals surface area contributed by atoms with Crippen molar-refractivity contribution in [1.29, 1.82) is 0 Å². The van der Waals surface area contributed by atoms with Gasteiger partial charge in [0.05, 0.1) is 25.0 Å². The zero-order valence-electron chi connectivity index (χ0n) is 63.3. The van der Waals surface area contributed by atoms with E-state index in [-0.39, 0.29) is 30.2 Å². The number of carbonyl (C=O) groups is 4. The minimum absolute atomic E-state index is 0.00463. The zero-order valence-corrected chi connectivity index (χ0v) is 68.2. The third-order valence-corrected chi connectivity index (χ3v) is 14.9. The fourth-order valence-electron chi connectivity index (χ4n) is 6.42. The monoisotopic (exact) mass is 1430 g/mol. The number of nitrogens with two attached hydrogens (primary N) is 1. The third kappa shape index (κ3) is 103. The number of aliphatic hydroxyl groups is 1. The fourth-order valence-corrected chi connectivity index (χ4v) is 8.11. The lowest BCUT2D eigenvalue weighted by molar-refractivity contribution is -0.118. The highest BCUT2D eigenvalue weighted by Crippen LogP contribution is 2.13. The maximum absolute atomic E-state index is 11.0. The van der Waals surface area contributed by atoms with Gasteiger partial charge in [-0.1, -0.05) is 119 Å². The molecule has 0 bridgehead atoms. The third-order valence-electron chi connectivity index (χ3n) is 11.8. The molecule has 0 aromatic heterocycles. The number of thioether (sulfide) groups is 6. The molecule has 21 heteroatoms. The number of benzene rings is 3. The lowest BCUT2D eigenvalue weighted by atomic mass is 10.1. The number of piperidine rings is 1. The molecule has 1 saturated heterocycles. The molecule has 1 heterocycles. The summed E-state index contributed by atoms with van der Waals surface area (Å²) < 4.78 is 15.5. The van der Waals surface area contributed by atoms with Crippen molar-refractivity contribution in [2.24, 2.45) is 5.73 Å². The number of unbranched alkanes of at least 4 members (excludes halogenated alkanes) is 3. The van der Waals surface area contributed by atoms with Gasteiger partial charge in [-0.3, -0.25) is 14.4 Å². The van der Waals surface area contributed by atoms with Crippen LogP contribution < -0.4 is 31.9 Å². The van der Waals surface area contributed by atoms with Crippen LogP contribution in [-0.2, 0) is 24.9 Å². The van der Waals surface area contributed by atoms with Gasteiger partial charge in [-0.25, -0.2) is 9.18 Å². The molecule has 3 aromatic rings. The van der Waals surface area contributed by atoms with Crippen molar-refractivity contribution in [3.05, 3.63) is 101 Å². The number of likely N-dealkylation sites (tertiary alicyclic amines) is 1. The first-order valence-corrected chi connectivity index (χ1v) is 41.4. The van der Waals surface area contributed by atoms with E-state index < -0.39 is 0 Å². The molecule has 0 unspecified atom stereocenters. The molecule has 4 rings (SSSR count). The van der Waals surface area contributed by atoms with E-state index in [0.29, 0.717) is 24.5 Å². The van der Waals surface area contributed by atoms with E-state index in [2.05, 4.69) is 112 Å². The number of aryl methyl sites for hydroxylation is 2. The Morgan fingerprint density at radius 1 is 0.613 bits per heavy atom. The van der Waals surface area contributed by atoms with Gasteiger partial charge in [-0.2, -0.15) is 70.6 Å². The predicted molar refractivity (Wildman–Crippen MR) is 431 cm³/mol. The number of rotatable bonds is 28. The number of alkyl halides is 1. The number of methoxy groups -OCH3 is 1. The Morgan fingerprint density at radius 3 is 1.35 bits per heavy atom. The number of nitrogens with zero attached hydrogens (tertiary/aromatic N) is 3. The van der Waals surface area contributed by atoms with E-state index in [4.69, 9.17) is 5.11 Å². The summed E-state index contributed by atoms with van der Waals surface area (Å²) in [6.45, 7) is 28.2. The molecule has 7 N–H and O–H groups in total. The molecule has 1 aliphatic rings. The molecule has 0 atom stereocenters. The van der Waals surface area contributed by atoms with E-state index in [1.807, 2.05) is 131 Å². The Morgan fingerprint density at radius 2 is 1.05 bits per heavy atom. The molecule has 1 aliphatic heterocycles. The van der Waals surface area contributed by atoms with Crippen molar-refractivity contribution >= 4 is 99.8 Å². The van der Waals surface area contributed by atoms with Crippen LogP contribution in [0.15, 0.2) is 78.9 Å². The number of halogens is 1. The van der Waals surface area contributed by atoms with Crippen molar-refractivity contribution in [2.75, 3.05) is 193 Å². The van der Waals surface area contributed by atoms with Gasteiger partial charge < -0.3 is 51.5 Å². The Kier molecular flexibility index (Phi) is 115. The molecule has 0 radical (unpaired) electrons. The Bertz CT molecular complexity index is 1850. The highest BCUT2D eigenvalue weighted by atomic mass is 32.2. The highest BCUT2D eigenvalue weighted by molar-refractivity contribution is 7.99. The molecular weight excluding hydrogens is 1280 g/mol. The fraction of sp³-hybridized carbons (Fsp3) is 0.694. The van der Waals surface area contributed by atoms with Crippen LogP contribution in [0, 0.1) is 13.8 Å². The molecular formula is C72H143FN8O6S6. The zero-order chi connectivity index (χ0) is 73.0. The number of amides is 2. The van der Waals surface area contributed by atoms with E-state index >= 15 is 0 Å². The van der Waals surface area contributed by atoms with Gasteiger partial charge in [0.1, 0.15) is 12.5 Å². The SMILES string of the molecule is CC(=O)N(C)c1ccc(C)cc1.CCCCN(CCCC)CCCNC.CCCCSC.CCSC.CN.CNC(C)=O.CNCCCN1CCCCC1.CNCCF.COC(=O)c1ccc(C)cc1.CSC.CSCC(C)=O.CSCCO.CSCc1ccccc1. The van der Waals surface area contributed by atoms with E-state index in [9.17, 15) is 23.6 Å². The quantitative estimate of drug-likeness (QED) is 0.0298. The molecule has 14 nitrogen and oxygen atoms in total. The maximum atomic E-state index is 11.0. The highest BCUT2D eigenvalue weighted by Gasteiger charge is 2.08. The maximum Gasteiger partial charge on any atom is 0.337 e. The molecule has 0 saturated carbocycles. The number of ether oxygens (including phenoxy) is 1. The number of carbonyl (C=O) groups excluding carboxylic acids is 4. The van der Waals surface area contributed by atoms with E-state index in [0.717, 1.165) is 35.8 Å². The van der Waals surface area contributed by atoms with Crippen molar-refractivity contribution in [2.45, 2.75) is 139 Å². The summed E-state index contributed by atoms with van der Waals surface area (Å²) in [6.07, 6.45) is 29.2. The average molecular weight is 1430 g/mol. The Hall–Kier alpha value is -2.51. The number of esters is 1. The minimum atomic E-state index is -0.287. The van der Waals surface area contributed by atoms with Crippen LogP contribution in [0.4, 0.5) is 10.1 Å². The van der Waals surface area contributed by atoms with Gasteiger partial charge in [0.25, 0.3) is 0 Å². The summed E-state index contributed by atoms with van der Waals surface area (Å²) in [5, 5.41) is 19.5. The summed E-state index contributed by atoms with van der Waals surface area (Å²) in [5.74, 6) is 5.23. The summed E-state index contributed by atoms with van der Waals surface area (Å²) in [6, 6.07) is 25.6. The molecule has 93 heavy (non-hydrogen) atoms. The van der Waals surface area contributed by atoms with Crippen LogP contribution in [0.2, 0.25) is 0 Å². The molecule has 1 fully saturated rings. The van der Waals surface area contributed by atoms with Crippen LogP contribution >= 0.6 is 70.6 Å². The van der Waals surface area contributed by atoms with Gasteiger partial charge in [-0.15, -0.1) is 0 Å². The van der Waals surface area contributed by atoms with Gasteiger partial charge >= 0.3 is 5.97 Å². The summed E-state index contributed by atoms with van der Waals surface area (Å²) >= 11 is 10.6. The number of aliphatic hydroxyl groups excluding tert-OH is 1. The average Bonchev–Trinajstić information content (AvgIpc) is 2.26. The molecule has 2 amide bonds. The largest absolute Gasteiger partial charge is 0.465 e. The van der Waals surface area contributed by atoms with E-state index in [1.54, 1.807) is 87.3 Å². The lowest BCUT2D eigenvalue weighted by Gasteiger charge is -2.26. The second-order valence-electron chi connectivity index (χ2n) is 20.3. The molecule has 3 aromatic carbocycles. The molecule has 550 valence electrons. The second-order valence-corrected chi connectivity index (χ2v) is 26.0. The van der Waals surface area contributed by atoms with Crippen molar-refractivity contribution in [3.63, 3.8) is 0 Å². The first-order valence-electron chi connectivity index (χ1n) is 32.8. The summed E-state index contributed by atoms with van der Waals surface area (Å²) in [5.41, 5.74) is 9.78. The minimum Gasteiger partial charge on any atom is -0.465 e. The van der Waals surface area contributed by atoms with Crippen molar-refractivity contribution < 1.29 is 33.4 Å². The van der Waals surface area contributed by atoms with Crippen LogP contribution in [0.25, 0.3) is 0 Å². The standard InChI is InChI=1S/C12H28N2.C10H13NO.C9H20N2.C9H10O2.C8H10S.C5H12S.C4H8OS.C3H8FN.C3H7NO.C3H8OS.C3H8S.C2H6S.CH5N/c1-4-6-10-14(11-7-5-2)12-8-9-13-3;1-8-4-6-10(7-5-8)11(3)9(2)12;1-10-6-5-9-11-7-3-2-4-8-11;1-7-3-5-8(6-4-7)9(10)11-2;1-9-7-8-5-3-2-4-6-8;1-3-4-5-6-2;1-4(5)3-6-2;1-5-3-2-4;1-3(5)4-2;1-5-3-2-4;1-3-4-2;1-3-2;1-2/h13H,4-12H2,1-3H3;4-7H,1-3H3;10H,2-9H2,1H3;3-6H,1-2H3;2-6H,7H2,1H3;3-5H2,1-2H3;3H2,1-2H3;5H,2-3H2,1H3;1-2H3,(H,4,5);4H,2-3H2,1H3;3H2,1-2H3;1-2H3;2H2,1H3. The van der Waals surface area contributed by atoms with Crippen molar-refractivity contribution in [3.8, 4) is 0 Å². The number of anilines is 1. The van der Waals surface area contributed by atoms with E-state index in [1.165, 1.54) is 154 Å². The topological polar surface area (TPSA) is 182 Å². The van der Waals surface area contributed by atoms with Gasteiger partial charge in [0.2, 0.25) is 11.8 Å². The van der Waals surface area contributed by atoms with Crippen LogP contribution in [0.3, 0.4) is 0 Å². The van der Waals surface area contributed by atoms with Gasteiger partial charge in [-0.05, 0) is 231 Å². The normalized spacial score (nSPS) is 10.3.